The van der Waals surface area contributed by atoms with Gasteiger partial charge in [0.25, 0.3) is 0 Å². The standard InChI is InChI=1S/C11H15F3N4O/c1-2-16-10(19)3-4-17-8-5-9(11(12,13)14)18-6-7(8)15/h5-6H,2-4,15H2,1H3,(H,16,19)(H,17,18). The number of aromatic nitrogens is 1. The van der Waals surface area contributed by atoms with E-state index in [9.17, 15) is 18.0 Å². The molecule has 0 aliphatic heterocycles. The molecule has 0 aliphatic rings. The van der Waals surface area contributed by atoms with Gasteiger partial charge in [0.2, 0.25) is 5.91 Å². The Balaban J connectivity index is 2.65. The highest BCUT2D eigenvalue weighted by Gasteiger charge is 2.32. The first-order valence-electron chi connectivity index (χ1n) is 5.68. The highest BCUT2D eigenvalue weighted by Crippen LogP contribution is 2.30. The van der Waals surface area contributed by atoms with Gasteiger partial charge in [0.1, 0.15) is 5.69 Å². The number of nitrogens with zero attached hydrogens (tertiary/aromatic N) is 1. The van der Waals surface area contributed by atoms with Gasteiger partial charge >= 0.3 is 6.18 Å². The average molecular weight is 276 g/mol. The number of rotatable bonds is 5. The van der Waals surface area contributed by atoms with Crippen LogP contribution in [-0.4, -0.2) is 24.0 Å². The van der Waals surface area contributed by atoms with Crippen molar-refractivity contribution in [3.63, 3.8) is 0 Å². The van der Waals surface area contributed by atoms with Crippen molar-refractivity contribution in [2.45, 2.75) is 19.5 Å². The molecule has 0 spiro atoms. The van der Waals surface area contributed by atoms with Crippen LogP contribution in [0.15, 0.2) is 12.3 Å². The van der Waals surface area contributed by atoms with Crippen molar-refractivity contribution < 1.29 is 18.0 Å². The predicted molar refractivity (Wildman–Crippen MR) is 65.4 cm³/mol. The Morgan fingerprint density at radius 3 is 2.74 bits per heavy atom. The molecule has 1 heterocycles. The largest absolute Gasteiger partial charge is 0.433 e. The number of halogens is 3. The molecule has 19 heavy (non-hydrogen) atoms. The molecule has 1 rings (SSSR count). The number of carbonyl (C=O) groups is 1. The third kappa shape index (κ3) is 4.65. The molecule has 1 amide bonds. The summed E-state index contributed by atoms with van der Waals surface area (Å²) >= 11 is 0. The van der Waals surface area contributed by atoms with E-state index in [-0.39, 0.29) is 30.2 Å². The maximum absolute atomic E-state index is 12.5. The molecule has 0 unspecified atom stereocenters. The third-order valence-corrected chi connectivity index (χ3v) is 2.27. The molecular weight excluding hydrogens is 261 g/mol. The van der Waals surface area contributed by atoms with Crippen molar-refractivity contribution in [2.24, 2.45) is 0 Å². The van der Waals surface area contributed by atoms with Crippen LogP contribution in [0.5, 0.6) is 0 Å². The number of amides is 1. The number of pyridine rings is 1. The van der Waals surface area contributed by atoms with E-state index >= 15 is 0 Å². The van der Waals surface area contributed by atoms with Crippen molar-refractivity contribution in [1.82, 2.24) is 10.3 Å². The van der Waals surface area contributed by atoms with Gasteiger partial charge in [0, 0.05) is 19.5 Å². The van der Waals surface area contributed by atoms with E-state index in [0.29, 0.717) is 6.54 Å². The second-order valence-electron chi connectivity index (χ2n) is 3.78. The molecule has 0 saturated heterocycles. The summed E-state index contributed by atoms with van der Waals surface area (Å²) in [5.41, 5.74) is 4.71. The number of nitrogens with one attached hydrogen (secondary N) is 2. The van der Waals surface area contributed by atoms with Crippen molar-refractivity contribution in [3.05, 3.63) is 18.0 Å². The molecule has 0 saturated carbocycles. The smallest absolute Gasteiger partial charge is 0.396 e. The van der Waals surface area contributed by atoms with Gasteiger partial charge in [-0.25, -0.2) is 4.98 Å². The van der Waals surface area contributed by atoms with Crippen LogP contribution in [0.3, 0.4) is 0 Å². The van der Waals surface area contributed by atoms with Crippen LogP contribution in [0, 0.1) is 0 Å². The van der Waals surface area contributed by atoms with Gasteiger partial charge in [-0.05, 0) is 13.0 Å². The fourth-order valence-electron chi connectivity index (χ4n) is 1.37. The number of alkyl halides is 3. The number of hydrogen-bond donors (Lipinski definition) is 3. The van der Waals surface area contributed by atoms with Crippen LogP contribution in [0.25, 0.3) is 0 Å². The van der Waals surface area contributed by atoms with Crippen LogP contribution in [0.1, 0.15) is 19.0 Å². The van der Waals surface area contributed by atoms with E-state index in [1.165, 1.54) is 0 Å². The molecule has 0 aliphatic carbocycles. The lowest BCUT2D eigenvalue weighted by atomic mass is 10.2. The van der Waals surface area contributed by atoms with Crippen LogP contribution in [0.2, 0.25) is 0 Å². The van der Waals surface area contributed by atoms with Crippen LogP contribution >= 0.6 is 0 Å². The molecule has 0 aromatic carbocycles. The predicted octanol–water partition coefficient (Wildman–Crippen LogP) is 1.62. The van der Waals surface area contributed by atoms with Gasteiger partial charge in [0.05, 0.1) is 17.6 Å². The number of anilines is 2. The fraction of sp³-hybridized carbons (Fsp3) is 0.455. The first-order valence-corrected chi connectivity index (χ1v) is 5.68. The Kier molecular flexibility index (Phi) is 4.96. The maximum atomic E-state index is 12.5. The quantitative estimate of drug-likeness (QED) is 0.763. The Labute approximate surface area is 108 Å². The van der Waals surface area contributed by atoms with E-state index in [1.807, 2.05) is 0 Å². The molecule has 5 nitrogen and oxygen atoms in total. The molecular formula is C11H15F3N4O. The lowest BCUT2D eigenvalue weighted by Crippen LogP contribution is -2.25. The van der Waals surface area contributed by atoms with Gasteiger partial charge in [-0.15, -0.1) is 0 Å². The molecule has 1 aromatic heterocycles. The minimum absolute atomic E-state index is 0.101. The summed E-state index contributed by atoms with van der Waals surface area (Å²) in [4.78, 5) is 14.4. The zero-order valence-corrected chi connectivity index (χ0v) is 10.3. The Morgan fingerprint density at radius 2 is 2.16 bits per heavy atom. The van der Waals surface area contributed by atoms with Gasteiger partial charge < -0.3 is 16.4 Å². The second-order valence-corrected chi connectivity index (χ2v) is 3.78. The van der Waals surface area contributed by atoms with Crippen LogP contribution in [0.4, 0.5) is 24.5 Å². The normalized spacial score (nSPS) is 11.2. The molecule has 0 atom stereocenters. The van der Waals surface area contributed by atoms with E-state index in [1.54, 1.807) is 6.92 Å². The average Bonchev–Trinajstić information content (AvgIpc) is 2.30. The number of carbonyl (C=O) groups excluding carboxylic acids is 1. The zero-order chi connectivity index (χ0) is 14.5. The first kappa shape index (κ1) is 15.1. The fourth-order valence-corrected chi connectivity index (χ4v) is 1.37. The maximum Gasteiger partial charge on any atom is 0.433 e. The molecule has 0 radical (unpaired) electrons. The summed E-state index contributed by atoms with van der Waals surface area (Å²) in [6.07, 6.45) is -3.43. The summed E-state index contributed by atoms with van der Waals surface area (Å²) < 4.78 is 37.4. The monoisotopic (exact) mass is 276 g/mol. The molecule has 0 bridgehead atoms. The van der Waals surface area contributed by atoms with E-state index in [4.69, 9.17) is 5.73 Å². The molecule has 1 aromatic rings. The van der Waals surface area contributed by atoms with E-state index in [0.717, 1.165) is 12.3 Å². The van der Waals surface area contributed by atoms with E-state index < -0.39 is 11.9 Å². The summed E-state index contributed by atoms with van der Waals surface area (Å²) in [7, 11) is 0. The lowest BCUT2D eigenvalue weighted by Gasteiger charge is -2.12. The van der Waals surface area contributed by atoms with Gasteiger partial charge in [0.15, 0.2) is 0 Å². The Hall–Kier alpha value is -1.99. The lowest BCUT2D eigenvalue weighted by molar-refractivity contribution is -0.141. The van der Waals surface area contributed by atoms with Crippen molar-refractivity contribution in [2.75, 3.05) is 24.1 Å². The third-order valence-electron chi connectivity index (χ3n) is 2.27. The van der Waals surface area contributed by atoms with Gasteiger partial charge in [-0.2, -0.15) is 13.2 Å². The Bertz CT molecular complexity index is 448. The van der Waals surface area contributed by atoms with Crippen molar-refractivity contribution in [1.29, 1.82) is 0 Å². The number of nitrogens with two attached hydrogens (primary N) is 1. The zero-order valence-electron chi connectivity index (χ0n) is 10.3. The molecule has 4 N–H and O–H groups in total. The van der Waals surface area contributed by atoms with Gasteiger partial charge in [-0.3, -0.25) is 4.79 Å². The minimum atomic E-state index is -4.52. The first-order chi connectivity index (χ1) is 8.84. The summed E-state index contributed by atoms with van der Waals surface area (Å²) in [5.74, 6) is -0.182. The summed E-state index contributed by atoms with van der Waals surface area (Å²) in [5, 5.41) is 5.27. The summed E-state index contributed by atoms with van der Waals surface area (Å²) in [6, 6.07) is 0.826. The van der Waals surface area contributed by atoms with E-state index in [2.05, 4.69) is 15.6 Å². The minimum Gasteiger partial charge on any atom is -0.396 e. The molecule has 8 heteroatoms. The molecule has 106 valence electrons. The second kappa shape index (κ2) is 6.26. The highest BCUT2D eigenvalue weighted by atomic mass is 19.4. The SMILES string of the molecule is CCNC(=O)CCNc1cc(C(F)(F)F)ncc1N. The van der Waals surface area contributed by atoms with Crippen molar-refractivity contribution in [3.8, 4) is 0 Å². The topological polar surface area (TPSA) is 80.0 Å². The highest BCUT2D eigenvalue weighted by molar-refractivity contribution is 5.76. The Morgan fingerprint density at radius 1 is 1.47 bits per heavy atom. The van der Waals surface area contributed by atoms with Crippen LogP contribution in [-0.2, 0) is 11.0 Å². The van der Waals surface area contributed by atoms with Crippen molar-refractivity contribution >= 4 is 17.3 Å². The number of nitrogen functional groups attached to an aromatic ring is 1. The number of hydrogen-bond acceptors (Lipinski definition) is 4. The van der Waals surface area contributed by atoms with Gasteiger partial charge in [-0.1, -0.05) is 0 Å². The molecule has 0 fully saturated rings. The summed E-state index contributed by atoms with van der Waals surface area (Å²) in [6.45, 7) is 2.48. The van der Waals surface area contributed by atoms with Crippen LogP contribution < -0.4 is 16.4 Å².